The monoisotopic (exact) mass is 524 g/mol. The number of nitrogens with one attached hydrogen (secondary N) is 1. The molecule has 2 fully saturated rings. The van der Waals surface area contributed by atoms with Crippen molar-refractivity contribution in [3.8, 4) is 17.1 Å². The van der Waals surface area contributed by atoms with Gasteiger partial charge in [0.2, 0.25) is 0 Å². The Morgan fingerprint density at radius 3 is 2.59 bits per heavy atom. The van der Waals surface area contributed by atoms with E-state index >= 15 is 0 Å². The second kappa shape index (κ2) is 11.3. The van der Waals surface area contributed by atoms with Crippen molar-refractivity contribution in [2.45, 2.75) is 25.5 Å². The SMILES string of the molecule is O=C(c1ccc(-c2cccc([N+](=O)[O-])c2)o1)N1CCN(Cc2ccc(OC3CCNCC3)c(Cl)c2)CC1. The minimum Gasteiger partial charge on any atom is -0.489 e. The van der Waals surface area contributed by atoms with Crippen LogP contribution in [0.1, 0.15) is 29.0 Å². The van der Waals surface area contributed by atoms with Gasteiger partial charge in [0.25, 0.3) is 11.6 Å². The van der Waals surface area contributed by atoms with Gasteiger partial charge in [-0.2, -0.15) is 0 Å². The van der Waals surface area contributed by atoms with Crippen LogP contribution in [0.5, 0.6) is 5.75 Å². The molecule has 3 heterocycles. The number of carbonyl (C=O) groups is 1. The number of piperidine rings is 1. The fourth-order valence-electron chi connectivity index (χ4n) is 4.73. The molecule has 0 atom stereocenters. The highest BCUT2D eigenvalue weighted by atomic mass is 35.5. The number of benzene rings is 2. The van der Waals surface area contributed by atoms with E-state index in [-0.39, 0.29) is 23.5 Å². The van der Waals surface area contributed by atoms with E-state index in [4.69, 9.17) is 20.8 Å². The molecule has 0 bridgehead atoms. The van der Waals surface area contributed by atoms with Gasteiger partial charge in [0.05, 0.1) is 9.95 Å². The lowest BCUT2D eigenvalue weighted by Crippen LogP contribution is -2.48. The smallest absolute Gasteiger partial charge is 0.289 e. The Bertz CT molecular complexity index is 1270. The predicted octanol–water partition coefficient (Wildman–Crippen LogP) is 4.60. The van der Waals surface area contributed by atoms with Gasteiger partial charge >= 0.3 is 0 Å². The number of nitro benzene ring substituents is 1. The number of carbonyl (C=O) groups excluding carboxylic acids is 1. The molecule has 194 valence electrons. The Kier molecular flexibility index (Phi) is 7.73. The summed E-state index contributed by atoms with van der Waals surface area (Å²) in [6.07, 6.45) is 2.16. The van der Waals surface area contributed by atoms with Crippen molar-refractivity contribution in [2.24, 2.45) is 0 Å². The van der Waals surface area contributed by atoms with E-state index in [0.717, 1.165) is 56.9 Å². The lowest BCUT2D eigenvalue weighted by molar-refractivity contribution is -0.384. The summed E-state index contributed by atoms with van der Waals surface area (Å²) in [7, 11) is 0. The Hall–Kier alpha value is -3.40. The molecule has 10 heteroatoms. The van der Waals surface area contributed by atoms with Crippen LogP contribution in [0, 0.1) is 10.1 Å². The van der Waals surface area contributed by atoms with E-state index in [1.165, 1.54) is 12.1 Å². The average Bonchev–Trinajstić information content (AvgIpc) is 3.41. The molecule has 5 rings (SSSR count). The minimum absolute atomic E-state index is 0.0249. The summed E-state index contributed by atoms with van der Waals surface area (Å²) in [6, 6.07) is 15.4. The number of halogens is 1. The van der Waals surface area contributed by atoms with Crippen molar-refractivity contribution >= 4 is 23.2 Å². The summed E-state index contributed by atoms with van der Waals surface area (Å²) < 4.78 is 11.9. The van der Waals surface area contributed by atoms with E-state index in [2.05, 4.69) is 16.3 Å². The van der Waals surface area contributed by atoms with E-state index in [9.17, 15) is 14.9 Å². The zero-order chi connectivity index (χ0) is 25.8. The molecule has 2 aromatic carbocycles. The highest BCUT2D eigenvalue weighted by Crippen LogP contribution is 2.29. The number of non-ortho nitro benzene ring substituents is 1. The molecule has 0 saturated carbocycles. The maximum Gasteiger partial charge on any atom is 0.289 e. The number of nitrogens with zero attached hydrogens (tertiary/aromatic N) is 3. The number of amides is 1. The van der Waals surface area contributed by atoms with Gasteiger partial charge in [-0.05, 0) is 55.8 Å². The van der Waals surface area contributed by atoms with E-state index in [0.29, 0.717) is 29.4 Å². The van der Waals surface area contributed by atoms with Crippen molar-refractivity contribution in [3.05, 3.63) is 81.1 Å². The fourth-order valence-corrected chi connectivity index (χ4v) is 4.98. The Morgan fingerprint density at radius 1 is 1.08 bits per heavy atom. The first kappa shape index (κ1) is 25.3. The Morgan fingerprint density at radius 2 is 1.86 bits per heavy atom. The molecule has 0 spiro atoms. The van der Waals surface area contributed by atoms with Gasteiger partial charge in [-0.3, -0.25) is 19.8 Å². The average molecular weight is 525 g/mol. The predicted molar refractivity (Wildman–Crippen MR) is 140 cm³/mol. The maximum atomic E-state index is 13.0. The fraction of sp³-hybridized carbons (Fsp3) is 0.370. The van der Waals surface area contributed by atoms with Gasteiger partial charge in [-0.25, -0.2) is 0 Å². The zero-order valence-electron chi connectivity index (χ0n) is 20.4. The van der Waals surface area contributed by atoms with E-state index < -0.39 is 4.92 Å². The Labute approximate surface area is 220 Å². The number of piperazine rings is 1. The first-order chi connectivity index (χ1) is 18.0. The molecule has 2 saturated heterocycles. The van der Waals surface area contributed by atoms with Crippen molar-refractivity contribution in [3.63, 3.8) is 0 Å². The van der Waals surface area contributed by atoms with Crippen LogP contribution in [0.25, 0.3) is 11.3 Å². The summed E-state index contributed by atoms with van der Waals surface area (Å²) in [4.78, 5) is 27.7. The van der Waals surface area contributed by atoms with Crippen LogP contribution in [0.15, 0.2) is 59.0 Å². The van der Waals surface area contributed by atoms with Crippen LogP contribution in [0.4, 0.5) is 5.69 Å². The molecule has 0 radical (unpaired) electrons. The number of rotatable bonds is 7. The van der Waals surface area contributed by atoms with Crippen molar-refractivity contribution in [2.75, 3.05) is 39.3 Å². The molecular weight excluding hydrogens is 496 g/mol. The number of hydrogen-bond donors (Lipinski definition) is 1. The van der Waals surface area contributed by atoms with Gasteiger partial charge in [-0.15, -0.1) is 0 Å². The summed E-state index contributed by atoms with van der Waals surface area (Å²) >= 11 is 6.51. The molecule has 2 aliphatic heterocycles. The van der Waals surface area contributed by atoms with E-state index in [1.807, 2.05) is 12.1 Å². The largest absolute Gasteiger partial charge is 0.489 e. The third-order valence-electron chi connectivity index (χ3n) is 6.80. The molecule has 3 aromatic rings. The van der Waals surface area contributed by atoms with Gasteiger partial charge in [0, 0.05) is 50.4 Å². The second-order valence-electron chi connectivity index (χ2n) is 9.37. The topological polar surface area (TPSA) is 101 Å². The molecule has 0 unspecified atom stereocenters. The number of nitro groups is 1. The molecular formula is C27H29ClN4O5. The highest BCUT2D eigenvalue weighted by molar-refractivity contribution is 6.32. The first-order valence-electron chi connectivity index (χ1n) is 12.5. The van der Waals surface area contributed by atoms with Crippen LogP contribution in [-0.2, 0) is 6.54 Å². The summed E-state index contributed by atoms with van der Waals surface area (Å²) in [5.74, 6) is 1.20. The molecule has 1 N–H and O–H groups in total. The number of furan rings is 1. The van der Waals surface area contributed by atoms with Crippen LogP contribution in [0.3, 0.4) is 0 Å². The van der Waals surface area contributed by atoms with Crippen LogP contribution in [-0.4, -0.2) is 66.0 Å². The standard InChI is InChI=1S/C27H29ClN4O5/c28-23-16-19(4-5-25(23)36-22-8-10-29-11-9-22)18-30-12-14-31(15-13-30)27(33)26-7-6-24(37-26)20-2-1-3-21(17-20)32(34)35/h1-7,16-17,22,29H,8-15,18H2. The highest BCUT2D eigenvalue weighted by Gasteiger charge is 2.25. The first-order valence-corrected chi connectivity index (χ1v) is 12.9. The van der Waals surface area contributed by atoms with Crippen molar-refractivity contribution in [1.82, 2.24) is 15.1 Å². The summed E-state index contributed by atoms with van der Waals surface area (Å²) in [5, 5.41) is 15.0. The molecule has 2 aliphatic rings. The van der Waals surface area contributed by atoms with Gasteiger partial charge in [-0.1, -0.05) is 29.8 Å². The zero-order valence-corrected chi connectivity index (χ0v) is 21.2. The second-order valence-corrected chi connectivity index (χ2v) is 9.78. The van der Waals surface area contributed by atoms with Crippen molar-refractivity contribution in [1.29, 1.82) is 0 Å². The third-order valence-corrected chi connectivity index (χ3v) is 7.10. The Balaban J connectivity index is 1.14. The molecule has 0 aliphatic carbocycles. The normalized spacial score (nSPS) is 17.1. The molecule has 9 nitrogen and oxygen atoms in total. The van der Waals surface area contributed by atoms with Crippen LogP contribution < -0.4 is 10.1 Å². The lowest BCUT2D eigenvalue weighted by atomic mass is 10.1. The number of hydrogen-bond acceptors (Lipinski definition) is 7. The molecule has 1 aromatic heterocycles. The van der Waals surface area contributed by atoms with Gasteiger partial charge in [0.1, 0.15) is 17.6 Å². The molecule has 1 amide bonds. The quantitative estimate of drug-likeness (QED) is 0.356. The van der Waals surface area contributed by atoms with E-state index in [1.54, 1.807) is 29.2 Å². The van der Waals surface area contributed by atoms with Gasteiger partial charge < -0.3 is 19.4 Å². The molecule has 37 heavy (non-hydrogen) atoms. The number of ether oxygens (including phenoxy) is 1. The summed E-state index contributed by atoms with van der Waals surface area (Å²) in [5.41, 5.74) is 1.64. The van der Waals surface area contributed by atoms with Crippen molar-refractivity contribution < 1.29 is 18.9 Å². The summed E-state index contributed by atoms with van der Waals surface area (Å²) in [6.45, 7) is 5.30. The van der Waals surface area contributed by atoms with Gasteiger partial charge in [0.15, 0.2) is 5.76 Å². The van der Waals surface area contributed by atoms with Crippen LogP contribution >= 0.6 is 11.6 Å². The third kappa shape index (κ3) is 6.12. The minimum atomic E-state index is -0.455. The maximum absolute atomic E-state index is 13.0. The van der Waals surface area contributed by atoms with Crippen LogP contribution in [0.2, 0.25) is 5.02 Å². The lowest BCUT2D eigenvalue weighted by Gasteiger charge is -2.34.